The second-order valence-electron chi connectivity index (χ2n) is 19.6. The molecule has 0 saturated carbocycles. The molecule has 0 amide bonds. The Labute approximate surface area is 456 Å². The lowest BCUT2D eigenvalue weighted by Gasteiger charge is -2.25. The first-order valence-electron chi connectivity index (χ1n) is 27.4. The van der Waals surface area contributed by atoms with E-state index in [-0.39, 0.29) is 17.3 Å². The summed E-state index contributed by atoms with van der Waals surface area (Å²) >= 11 is 0. The highest BCUT2D eigenvalue weighted by molar-refractivity contribution is 7.92. The monoisotopic (exact) mass is 1070 g/mol. The van der Waals surface area contributed by atoms with E-state index in [1.54, 1.807) is 72.8 Å². The molecular formula is C66H75NO6S3. The van der Waals surface area contributed by atoms with E-state index >= 15 is 0 Å². The predicted octanol–water partition coefficient (Wildman–Crippen LogP) is 15.8. The maximum absolute atomic E-state index is 13.0. The summed E-state index contributed by atoms with van der Waals surface area (Å²) in [5.41, 5.74) is 7.24. The minimum atomic E-state index is -3.35. The molecule has 0 saturated heterocycles. The van der Waals surface area contributed by atoms with Crippen molar-refractivity contribution < 1.29 is 25.3 Å². The Hall–Kier alpha value is -6.35. The average molecular weight is 1070 g/mol. The second-order valence-corrected chi connectivity index (χ2v) is 25.9. The first-order valence-corrected chi connectivity index (χ1v) is 32.4. The normalized spacial score (nSPS) is 11.4. The Morgan fingerprint density at radius 2 is 0.447 bits per heavy atom. The smallest absolute Gasteiger partial charge is 0.178 e. The molecule has 0 atom stereocenters. The van der Waals surface area contributed by atoms with Crippen LogP contribution in [0.15, 0.2) is 160 Å². The molecule has 0 aliphatic heterocycles. The molecule has 0 aliphatic carbocycles. The van der Waals surface area contributed by atoms with Crippen LogP contribution in [0, 0.1) is 35.5 Å². The number of hydrogen-bond donors (Lipinski definition) is 0. The lowest BCUT2D eigenvalue weighted by molar-refractivity contribution is 0.582. The van der Waals surface area contributed by atoms with Gasteiger partial charge in [0.15, 0.2) is 29.5 Å². The molecule has 6 aromatic rings. The van der Waals surface area contributed by atoms with Gasteiger partial charge in [-0.25, -0.2) is 25.3 Å². The van der Waals surface area contributed by atoms with Crippen molar-refractivity contribution in [3.05, 3.63) is 179 Å². The van der Waals surface area contributed by atoms with Gasteiger partial charge in [0.1, 0.15) is 0 Å². The topological polar surface area (TPSA) is 106 Å². The molecule has 6 rings (SSSR count). The number of benzene rings is 6. The fourth-order valence-electron chi connectivity index (χ4n) is 8.77. The maximum Gasteiger partial charge on any atom is 0.178 e. The Morgan fingerprint density at radius 3 is 0.658 bits per heavy atom. The summed E-state index contributed by atoms with van der Waals surface area (Å²) < 4.78 is 77.9. The Bertz CT molecular complexity index is 2920. The number of sulfone groups is 3. The van der Waals surface area contributed by atoms with Crippen molar-refractivity contribution in [3.63, 3.8) is 0 Å². The van der Waals surface area contributed by atoms with E-state index < -0.39 is 29.5 Å². The Morgan fingerprint density at radius 1 is 0.263 bits per heavy atom. The second kappa shape index (κ2) is 30.4. The average Bonchev–Trinajstić information content (AvgIpc) is 3.44. The van der Waals surface area contributed by atoms with E-state index in [2.05, 4.69) is 61.2 Å². The highest BCUT2D eigenvalue weighted by Gasteiger charge is 2.17. The van der Waals surface area contributed by atoms with Gasteiger partial charge in [-0.05, 0) is 165 Å². The summed E-state index contributed by atoms with van der Waals surface area (Å²) in [5, 5.41) is 0. The van der Waals surface area contributed by atoms with E-state index in [0.717, 1.165) is 127 Å². The van der Waals surface area contributed by atoms with Crippen molar-refractivity contribution >= 4 is 46.6 Å². The molecule has 6 aromatic carbocycles. The van der Waals surface area contributed by atoms with Gasteiger partial charge in [-0.2, -0.15) is 0 Å². The molecular weight excluding hydrogens is 999 g/mol. The molecule has 0 bridgehead atoms. The number of rotatable bonds is 27. The summed E-state index contributed by atoms with van der Waals surface area (Å²) in [6, 6.07) is 44.4. The van der Waals surface area contributed by atoms with Crippen LogP contribution >= 0.6 is 0 Å². The lowest BCUT2D eigenvalue weighted by Crippen LogP contribution is -2.10. The van der Waals surface area contributed by atoms with Gasteiger partial charge in [0.25, 0.3) is 0 Å². The van der Waals surface area contributed by atoms with Crippen molar-refractivity contribution in [1.29, 1.82) is 0 Å². The van der Waals surface area contributed by atoms with Crippen LogP contribution in [-0.4, -0.2) is 42.5 Å². The van der Waals surface area contributed by atoms with Gasteiger partial charge in [-0.1, -0.05) is 153 Å². The largest absolute Gasteiger partial charge is 0.311 e. The van der Waals surface area contributed by atoms with E-state index in [0.29, 0.717) is 33.9 Å². The first-order chi connectivity index (χ1) is 36.8. The molecule has 0 fully saturated rings. The van der Waals surface area contributed by atoms with E-state index in [9.17, 15) is 25.3 Å². The van der Waals surface area contributed by atoms with Gasteiger partial charge in [-0.15, -0.1) is 0 Å². The summed E-state index contributed by atoms with van der Waals surface area (Å²) in [6.07, 6.45) is 18.4. The molecule has 76 heavy (non-hydrogen) atoms. The zero-order valence-electron chi connectivity index (χ0n) is 44.8. The van der Waals surface area contributed by atoms with Gasteiger partial charge < -0.3 is 4.90 Å². The molecule has 7 nitrogen and oxygen atoms in total. The molecule has 0 aliphatic rings. The summed E-state index contributed by atoms with van der Waals surface area (Å²) in [6.45, 7) is 6.51. The number of unbranched alkanes of at least 4 members (excludes halogenated alkanes) is 15. The first kappa shape index (κ1) is 58.9. The Balaban J connectivity index is 1.17. The van der Waals surface area contributed by atoms with E-state index in [1.165, 1.54) is 19.3 Å². The van der Waals surface area contributed by atoms with Gasteiger partial charge in [0.2, 0.25) is 0 Å². The third kappa shape index (κ3) is 19.0. The maximum atomic E-state index is 13.0. The lowest BCUT2D eigenvalue weighted by atomic mass is 10.1. The van der Waals surface area contributed by atoms with E-state index in [1.807, 2.05) is 72.8 Å². The van der Waals surface area contributed by atoms with Gasteiger partial charge >= 0.3 is 0 Å². The summed E-state index contributed by atoms with van der Waals surface area (Å²) in [5.74, 6) is 19.8. The highest BCUT2D eigenvalue weighted by atomic mass is 32.2. The summed E-state index contributed by atoms with van der Waals surface area (Å²) in [4.78, 5) is 3.11. The highest BCUT2D eigenvalue weighted by Crippen LogP contribution is 2.35. The zero-order chi connectivity index (χ0) is 54.1. The van der Waals surface area contributed by atoms with Crippen molar-refractivity contribution in [2.24, 2.45) is 0 Å². The van der Waals surface area contributed by atoms with Crippen molar-refractivity contribution in [1.82, 2.24) is 0 Å². The third-order valence-electron chi connectivity index (χ3n) is 13.4. The van der Waals surface area contributed by atoms with Crippen LogP contribution in [-0.2, 0) is 29.5 Å². The fraction of sp³-hybridized carbons (Fsp3) is 0.364. The molecule has 0 N–H and O–H groups in total. The quantitative estimate of drug-likeness (QED) is 0.0374. The van der Waals surface area contributed by atoms with E-state index in [4.69, 9.17) is 0 Å². The van der Waals surface area contributed by atoms with Crippen LogP contribution in [0.5, 0.6) is 0 Å². The third-order valence-corrected chi connectivity index (χ3v) is 18.8. The van der Waals surface area contributed by atoms with Gasteiger partial charge in [0, 0.05) is 50.4 Å². The summed E-state index contributed by atoms with van der Waals surface area (Å²) in [7, 11) is -10.1. The molecule has 0 unspecified atom stereocenters. The zero-order valence-corrected chi connectivity index (χ0v) is 47.3. The van der Waals surface area contributed by atoms with Crippen LogP contribution in [0.4, 0.5) is 17.1 Å². The minimum absolute atomic E-state index is 0.154. The SMILES string of the molecule is CCCCCCCCS(=O)(=O)c1ccc(C#Cc2ccc(N(c3ccc(C#Cc4ccc(S(=O)(=O)CCCCCCCC)cc4)cc3)c3ccc(C#Cc4ccc(S(=O)(=O)CCCCCCCC)cc4)cc3)cc2)cc1. The van der Waals surface area contributed by atoms with Crippen molar-refractivity contribution in [2.75, 3.05) is 22.2 Å². The van der Waals surface area contributed by atoms with Gasteiger partial charge in [-0.3, -0.25) is 0 Å². The van der Waals surface area contributed by atoms with Crippen LogP contribution in [0.3, 0.4) is 0 Å². The fourth-order valence-corrected chi connectivity index (χ4v) is 12.9. The number of nitrogens with zero attached hydrogens (tertiary/aromatic N) is 1. The van der Waals surface area contributed by atoms with Crippen LogP contribution in [0.25, 0.3) is 0 Å². The van der Waals surface area contributed by atoms with Crippen LogP contribution in [0.1, 0.15) is 170 Å². The number of hydrogen-bond acceptors (Lipinski definition) is 7. The minimum Gasteiger partial charge on any atom is -0.311 e. The molecule has 0 aromatic heterocycles. The van der Waals surface area contributed by atoms with Crippen LogP contribution in [0.2, 0.25) is 0 Å². The predicted molar refractivity (Wildman–Crippen MR) is 315 cm³/mol. The molecule has 10 heteroatoms. The molecule has 0 heterocycles. The van der Waals surface area contributed by atoms with Crippen molar-refractivity contribution in [2.45, 2.75) is 151 Å². The molecule has 0 spiro atoms. The van der Waals surface area contributed by atoms with Gasteiger partial charge in [0.05, 0.1) is 31.9 Å². The standard InChI is InChI=1S/C66H75NO6S3/c1-4-7-10-13-16-19-52-74(68,69)64-46-34-58(35-47-64)25-22-55-28-40-61(41-29-55)67(62-42-30-56(31-43-62)23-26-59-36-48-65(49-37-59)75(70,71)53-20-17-14-11-8-5-2)63-44-32-57(33-45-63)24-27-60-38-50-66(51-39-60)76(72,73)54-21-18-15-12-9-6-3/h28-51H,4-21,52-54H2,1-3H3. The molecule has 0 radical (unpaired) electrons. The molecule has 398 valence electrons. The number of anilines is 3. The van der Waals surface area contributed by atoms with Crippen molar-refractivity contribution in [3.8, 4) is 35.5 Å². The van der Waals surface area contributed by atoms with Crippen LogP contribution < -0.4 is 4.90 Å². The Kier molecular flexibility index (Phi) is 23.6.